The monoisotopic (exact) mass is 425 g/mol. The van der Waals surface area contributed by atoms with Gasteiger partial charge in [-0.15, -0.1) is 11.3 Å². The highest BCUT2D eigenvalue weighted by Crippen LogP contribution is 2.38. The van der Waals surface area contributed by atoms with Crippen molar-refractivity contribution in [2.45, 2.75) is 39.3 Å². The van der Waals surface area contributed by atoms with Crippen LogP contribution in [0.15, 0.2) is 29.3 Å². The molecule has 30 heavy (non-hydrogen) atoms. The van der Waals surface area contributed by atoms with Gasteiger partial charge >= 0.3 is 0 Å². The summed E-state index contributed by atoms with van der Waals surface area (Å²) in [6, 6.07) is 5.86. The van der Waals surface area contributed by atoms with Crippen LogP contribution in [0.2, 0.25) is 0 Å². The molecule has 1 fully saturated rings. The Hall–Kier alpha value is -2.87. The molecule has 0 N–H and O–H groups in total. The van der Waals surface area contributed by atoms with Gasteiger partial charge in [0.25, 0.3) is 5.56 Å². The van der Waals surface area contributed by atoms with Gasteiger partial charge in [0.05, 0.1) is 17.8 Å². The predicted molar refractivity (Wildman–Crippen MR) is 114 cm³/mol. The minimum absolute atomic E-state index is 0.00282. The zero-order chi connectivity index (χ0) is 20.8. The SMILES string of the molecule is Cc1sc2ncn(CC(=O)N3CCCC3c3ccc4c(c3)OCCO4)c(=O)c2c1C. The Kier molecular flexibility index (Phi) is 4.73. The van der Waals surface area contributed by atoms with Gasteiger partial charge in [-0.25, -0.2) is 4.98 Å². The topological polar surface area (TPSA) is 73.7 Å². The molecule has 1 atom stereocenters. The van der Waals surface area contributed by atoms with Gasteiger partial charge in [0.15, 0.2) is 11.5 Å². The molecule has 0 radical (unpaired) electrons. The van der Waals surface area contributed by atoms with E-state index in [0.717, 1.165) is 45.2 Å². The smallest absolute Gasteiger partial charge is 0.262 e. The van der Waals surface area contributed by atoms with Crippen molar-refractivity contribution in [2.75, 3.05) is 19.8 Å². The van der Waals surface area contributed by atoms with Crippen LogP contribution >= 0.6 is 11.3 Å². The molecule has 5 rings (SSSR count). The van der Waals surface area contributed by atoms with Crippen molar-refractivity contribution in [3.05, 3.63) is 50.9 Å². The van der Waals surface area contributed by atoms with E-state index in [-0.39, 0.29) is 24.1 Å². The van der Waals surface area contributed by atoms with E-state index in [4.69, 9.17) is 9.47 Å². The van der Waals surface area contributed by atoms with E-state index in [1.54, 1.807) is 0 Å². The molecule has 3 aromatic rings. The molecule has 1 saturated heterocycles. The average molecular weight is 426 g/mol. The maximum atomic E-state index is 13.2. The lowest BCUT2D eigenvalue weighted by atomic mass is 10.0. The first-order valence-electron chi connectivity index (χ1n) is 10.2. The molecule has 0 saturated carbocycles. The lowest BCUT2D eigenvalue weighted by Crippen LogP contribution is -2.36. The van der Waals surface area contributed by atoms with E-state index >= 15 is 0 Å². The minimum Gasteiger partial charge on any atom is -0.486 e. The van der Waals surface area contributed by atoms with Crippen molar-refractivity contribution in [2.24, 2.45) is 0 Å². The van der Waals surface area contributed by atoms with E-state index in [9.17, 15) is 9.59 Å². The van der Waals surface area contributed by atoms with Crippen LogP contribution in [0.25, 0.3) is 10.2 Å². The fourth-order valence-corrected chi connectivity index (χ4v) is 5.29. The molecule has 2 aliphatic rings. The lowest BCUT2D eigenvalue weighted by Gasteiger charge is -2.27. The number of likely N-dealkylation sites (tertiary alicyclic amines) is 1. The number of hydrogen-bond acceptors (Lipinski definition) is 6. The Bertz CT molecular complexity index is 1200. The average Bonchev–Trinajstić information content (AvgIpc) is 3.35. The first-order chi connectivity index (χ1) is 14.5. The number of nitrogens with zero attached hydrogens (tertiary/aromatic N) is 3. The van der Waals surface area contributed by atoms with Crippen LogP contribution in [0.3, 0.4) is 0 Å². The largest absolute Gasteiger partial charge is 0.486 e. The second-order valence-corrected chi connectivity index (χ2v) is 8.99. The second-order valence-electron chi connectivity index (χ2n) is 7.79. The van der Waals surface area contributed by atoms with E-state index in [1.807, 2.05) is 36.9 Å². The van der Waals surface area contributed by atoms with Crippen LogP contribution in [0.5, 0.6) is 11.5 Å². The summed E-state index contributed by atoms with van der Waals surface area (Å²) >= 11 is 1.51. The number of thiophene rings is 1. The van der Waals surface area contributed by atoms with Crippen LogP contribution < -0.4 is 15.0 Å². The lowest BCUT2D eigenvalue weighted by molar-refractivity contribution is -0.132. The van der Waals surface area contributed by atoms with Gasteiger partial charge < -0.3 is 14.4 Å². The van der Waals surface area contributed by atoms with Crippen LogP contribution in [-0.4, -0.2) is 40.1 Å². The normalized spacial score (nSPS) is 18.2. The standard InChI is InChI=1S/C22H23N3O4S/c1-13-14(2)30-21-20(13)22(27)24(12-23-21)11-19(26)25-7-3-4-16(25)15-5-6-17-18(10-15)29-9-8-28-17/h5-6,10,12,16H,3-4,7-9,11H2,1-2H3. The van der Waals surface area contributed by atoms with Crippen LogP contribution in [0.1, 0.15) is 34.9 Å². The van der Waals surface area contributed by atoms with Gasteiger partial charge in [-0.05, 0) is 49.9 Å². The zero-order valence-corrected chi connectivity index (χ0v) is 17.8. The number of amides is 1. The minimum atomic E-state index is -0.148. The fraction of sp³-hybridized carbons (Fsp3) is 0.409. The summed E-state index contributed by atoms with van der Waals surface area (Å²) in [4.78, 5) is 34.2. The molecule has 0 bridgehead atoms. The molecule has 0 aliphatic carbocycles. The molecule has 2 aliphatic heterocycles. The molecule has 8 heteroatoms. The Morgan fingerprint density at radius 2 is 2.03 bits per heavy atom. The molecule has 2 aromatic heterocycles. The van der Waals surface area contributed by atoms with Crippen molar-refractivity contribution in [3.8, 4) is 11.5 Å². The van der Waals surface area contributed by atoms with Crippen LogP contribution in [-0.2, 0) is 11.3 Å². The highest BCUT2D eigenvalue weighted by molar-refractivity contribution is 7.18. The molecular weight excluding hydrogens is 402 g/mol. The molecule has 4 heterocycles. The summed E-state index contributed by atoms with van der Waals surface area (Å²) < 4.78 is 12.7. The summed E-state index contributed by atoms with van der Waals surface area (Å²) in [5, 5.41) is 0.623. The third-order valence-corrected chi connectivity index (χ3v) is 7.10. The van der Waals surface area contributed by atoms with E-state index in [1.165, 1.54) is 22.2 Å². The number of aryl methyl sites for hydroxylation is 2. The maximum Gasteiger partial charge on any atom is 0.262 e. The highest BCUT2D eigenvalue weighted by atomic mass is 32.1. The van der Waals surface area contributed by atoms with Gasteiger partial charge in [0, 0.05) is 11.4 Å². The van der Waals surface area contributed by atoms with Gasteiger partial charge in [0.2, 0.25) is 5.91 Å². The summed E-state index contributed by atoms with van der Waals surface area (Å²) in [6.07, 6.45) is 3.31. The number of carbonyl (C=O) groups is 1. The Morgan fingerprint density at radius 1 is 1.23 bits per heavy atom. The third-order valence-electron chi connectivity index (χ3n) is 5.99. The quantitative estimate of drug-likeness (QED) is 0.644. The summed E-state index contributed by atoms with van der Waals surface area (Å²) in [6.45, 7) is 5.68. The van der Waals surface area contributed by atoms with E-state index in [0.29, 0.717) is 25.1 Å². The van der Waals surface area contributed by atoms with Crippen molar-refractivity contribution < 1.29 is 14.3 Å². The maximum absolute atomic E-state index is 13.2. The summed E-state index contributed by atoms with van der Waals surface area (Å²) in [7, 11) is 0. The molecule has 156 valence electrons. The van der Waals surface area contributed by atoms with Gasteiger partial charge in [-0.2, -0.15) is 0 Å². The fourth-order valence-electron chi connectivity index (χ4n) is 4.30. The Labute approximate surface area is 177 Å². The Morgan fingerprint density at radius 3 is 2.87 bits per heavy atom. The van der Waals surface area contributed by atoms with E-state index in [2.05, 4.69) is 4.98 Å². The number of aromatic nitrogens is 2. The van der Waals surface area contributed by atoms with Crippen molar-refractivity contribution in [1.29, 1.82) is 0 Å². The molecular formula is C22H23N3O4S. The number of ether oxygens (including phenoxy) is 2. The highest BCUT2D eigenvalue weighted by Gasteiger charge is 2.31. The number of fused-ring (bicyclic) bond motifs is 2. The van der Waals surface area contributed by atoms with Crippen molar-refractivity contribution in [1.82, 2.24) is 14.5 Å². The number of hydrogen-bond donors (Lipinski definition) is 0. The van der Waals surface area contributed by atoms with Gasteiger partial charge in [0.1, 0.15) is 24.6 Å². The molecule has 1 unspecified atom stereocenters. The van der Waals surface area contributed by atoms with Gasteiger partial charge in [-0.1, -0.05) is 6.07 Å². The zero-order valence-electron chi connectivity index (χ0n) is 17.0. The molecule has 7 nitrogen and oxygen atoms in total. The summed E-state index contributed by atoms with van der Waals surface area (Å²) in [5.41, 5.74) is 1.84. The second kappa shape index (κ2) is 7.43. The predicted octanol–water partition coefficient (Wildman–Crippen LogP) is 3.21. The van der Waals surface area contributed by atoms with Crippen LogP contribution in [0.4, 0.5) is 0 Å². The molecule has 1 amide bonds. The Balaban J connectivity index is 1.41. The molecule has 1 aromatic carbocycles. The van der Waals surface area contributed by atoms with Crippen molar-refractivity contribution >= 4 is 27.5 Å². The summed E-state index contributed by atoms with van der Waals surface area (Å²) in [5.74, 6) is 1.40. The van der Waals surface area contributed by atoms with Crippen molar-refractivity contribution in [3.63, 3.8) is 0 Å². The number of carbonyl (C=O) groups excluding carboxylic acids is 1. The number of benzene rings is 1. The van der Waals surface area contributed by atoms with Gasteiger partial charge in [-0.3, -0.25) is 14.2 Å². The van der Waals surface area contributed by atoms with E-state index < -0.39 is 0 Å². The van der Waals surface area contributed by atoms with Crippen LogP contribution in [0, 0.1) is 13.8 Å². The number of rotatable bonds is 3. The first-order valence-corrected chi connectivity index (χ1v) is 11.0. The molecule has 0 spiro atoms. The first kappa shape index (κ1) is 19.1. The third kappa shape index (κ3) is 3.15.